The number of hydrogen-bond donors (Lipinski definition) is 1. The average Bonchev–Trinajstić information content (AvgIpc) is 3.23. The molecule has 154 valence electrons. The summed E-state index contributed by atoms with van der Waals surface area (Å²) in [6.45, 7) is 3.28. The SMILES string of the molecule is Cc1ccnc2nc(C(=O)OC(C)C(=O)Nc3sc4c(c3C#N)CCCCC4)nn12. The molecule has 0 aromatic carbocycles. The topological polar surface area (TPSA) is 122 Å². The maximum absolute atomic E-state index is 12.6. The molecule has 9 nitrogen and oxygen atoms in total. The second kappa shape index (κ2) is 8.20. The summed E-state index contributed by atoms with van der Waals surface area (Å²) in [5.74, 6) is -1.21. The van der Waals surface area contributed by atoms with Gasteiger partial charge in [-0.1, -0.05) is 6.42 Å². The number of nitrogens with zero attached hydrogens (tertiary/aromatic N) is 5. The number of carbonyl (C=O) groups is 2. The summed E-state index contributed by atoms with van der Waals surface area (Å²) in [5.41, 5.74) is 2.32. The number of nitriles is 1. The number of esters is 1. The normalized spacial score (nSPS) is 14.4. The minimum Gasteiger partial charge on any atom is -0.447 e. The predicted octanol–water partition coefficient (Wildman–Crippen LogP) is 2.82. The third-order valence-corrected chi connectivity index (χ3v) is 6.24. The molecule has 1 aliphatic carbocycles. The zero-order chi connectivity index (χ0) is 21.3. The maximum Gasteiger partial charge on any atom is 0.379 e. The second-order valence-electron chi connectivity index (χ2n) is 7.15. The van der Waals surface area contributed by atoms with Crippen molar-refractivity contribution in [1.82, 2.24) is 19.6 Å². The number of thiophene rings is 1. The molecule has 1 atom stereocenters. The van der Waals surface area contributed by atoms with E-state index in [1.54, 1.807) is 12.3 Å². The molecule has 3 aromatic heterocycles. The highest BCUT2D eigenvalue weighted by atomic mass is 32.1. The molecule has 0 bridgehead atoms. The third kappa shape index (κ3) is 3.76. The van der Waals surface area contributed by atoms with Crippen molar-refractivity contribution >= 4 is 34.0 Å². The quantitative estimate of drug-likeness (QED) is 0.505. The molecule has 0 saturated carbocycles. The molecule has 10 heteroatoms. The Morgan fingerprint density at radius 3 is 2.90 bits per heavy atom. The summed E-state index contributed by atoms with van der Waals surface area (Å²) in [5, 5.41) is 16.9. The minimum absolute atomic E-state index is 0.169. The molecule has 0 saturated heterocycles. The molecular weight excluding hydrogens is 404 g/mol. The molecule has 0 radical (unpaired) electrons. The summed E-state index contributed by atoms with van der Waals surface area (Å²) in [6.07, 6.45) is 5.53. The van der Waals surface area contributed by atoms with Crippen LogP contribution in [0.2, 0.25) is 0 Å². The number of carbonyl (C=O) groups excluding carboxylic acids is 2. The standard InChI is InChI=1S/C20H20N6O3S/c1-11-8-9-22-20-23-16(25-26(11)20)19(28)29-12(2)17(27)24-18-14(10-21)13-6-4-3-5-7-15(13)30-18/h8-9,12H,3-7H2,1-2H3,(H,24,27). The molecule has 1 aliphatic rings. The van der Waals surface area contributed by atoms with Gasteiger partial charge in [-0.05, 0) is 51.2 Å². The zero-order valence-corrected chi connectivity index (χ0v) is 17.5. The van der Waals surface area contributed by atoms with Crippen LogP contribution in [0.1, 0.15) is 58.5 Å². The van der Waals surface area contributed by atoms with E-state index in [1.807, 2.05) is 6.92 Å². The first kappa shape index (κ1) is 20.0. The van der Waals surface area contributed by atoms with E-state index >= 15 is 0 Å². The Morgan fingerprint density at radius 2 is 2.13 bits per heavy atom. The van der Waals surface area contributed by atoms with Gasteiger partial charge < -0.3 is 10.1 Å². The van der Waals surface area contributed by atoms with Crippen LogP contribution in [0.25, 0.3) is 5.78 Å². The molecule has 30 heavy (non-hydrogen) atoms. The van der Waals surface area contributed by atoms with Crippen LogP contribution in [0.3, 0.4) is 0 Å². The molecule has 3 aromatic rings. The van der Waals surface area contributed by atoms with Gasteiger partial charge >= 0.3 is 5.97 Å². The Hall–Kier alpha value is -3.32. The lowest BCUT2D eigenvalue weighted by Gasteiger charge is -2.11. The van der Waals surface area contributed by atoms with Crippen LogP contribution in [0.15, 0.2) is 12.3 Å². The molecule has 0 aliphatic heterocycles. The zero-order valence-electron chi connectivity index (χ0n) is 16.6. The highest BCUT2D eigenvalue weighted by molar-refractivity contribution is 7.16. The van der Waals surface area contributed by atoms with E-state index in [0.29, 0.717) is 10.6 Å². The highest BCUT2D eigenvalue weighted by Gasteiger charge is 2.26. The van der Waals surface area contributed by atoms with Crippen molar-refractivity contribution in [2.75, 3.05) is 5.32 Å². The first-order chi connectivity index (χ1) is 14.5. The molecule has 0 fully saturated rings. The number of anilines is 1. The number of rotatable bonds is 4. The summed E-state index contributed by atoms with van der Waals surface area (Å²) < 4.78 is 6.67. The van der Waals surface area contributed by atoms with Crippen LogP contribution in [0.5, 0.6) is 0 Å². The van der Waals surface area contributed by atoms with Gasteiger partial charge in [0.25, 0.3) is 17.5 Å². The van der Waals surface area contributed by atoms with Gasteiger partial charge in [0.2, 0.25) is 0 Å². The van der Waals surface area contributed by atoms with Gasteiger partial charge in [0.15, 0.2) is 6.10 Å². The Balaban J connectivity index is 1.47. The lowest BCUT2D eigenvalue weighted by Crippen LogP contribution is -2.30. The van der Waals surface area contributed by atoms with Crippen molar-refractivity contribution < 1.29 is 14.3 Å². The van der Waals surface area contributed by atoms with E-state index in [-0.39, 0.29) is 11.6 Å². The van der Waals surface area contributed by atoms with E-state index in [9.17, 15) is 14.9 Å². The largest absolute Gasteiger partial charge is 0.447 e. The van der Waals surface area contributed by atoms with Crippen LogP contribution in [0.4, 0.5) is 5.00 Å². The minimum atomic E-state index is -1.08. The van der Waals surface area contributed by atoms with Crippen molar-refractivity contribution in [2.24, 2.45) is 0 Å². The summed E-state index contributed by atoms with van der Waals surface area (Å²) in [7, 11) is 0. The second-order valence-corrected chi connectivity index (χ2v) is 8.26. The van der Waals surface area contributed by atoms with E-state index in [2.05, 4.69) is 26.5 Å². The molecule has 1 unspecified atom stereocenters. The summed E-state index contributed by atoms with van der Waals surface area (Å²) in [6, 6.07) is 3.96. The third-order valence-electron chi connectivity index (χ3n) is 5.04. The Labute approximate surface area is 176 Å². The van der Waals surface area contributed by atoms with Crippen LogP contribution in [-0.2, 0) is 22.4 Å². The van der Waals surface area contributed by atoms with Crippen LogP contribution < -0.4 is 5.32 Å². The number of nitrogens with one attached hydrogen (secondary N) is 1. The fourth-order valence-corrected chi connectivity index (χ4v) is 4.66. The van der Waals surface area contributed by atoms with Gasteiger partial charge in [-0.3, -0.25) is 4.79 Å². The van der Waals surface area contributed by atoms with Crippen molar-refractivity contribution in [2.45, 2.75) is 52.1 Å². The van der Waals surface area contributed by atoms with E-state index in [1.165, 1.54) is 22.8 Å². The lowest BCUT2D eigenvalue weighted by molar-refractivity contribution is -0.123. The van der Waals surface area contributed by atoms with Crippen LogP contribution in [0, 0.1) is 18.3 Å². The Bertz CT molecular complexity index is 1180. The van der Waals surface area contributed by atoms with Gasteiger partial charge in [-0.15, -0.1) is 16.4 Å². The molecule has 1 N–H and O–H groups in total. The van der Waals surface area contributed by atoms with Crippen molar-refractivity contribution in [3.8, 4) is 6.07 Å². The first-order valence-electron chi connectivity index (χ1n) is 9.72. The Kier molecular flexibility index (Phi) is 5.46. The summed E-state index contributed by atoms with van der Waals surface area (Å²) in [4.78, 5) is 34.2. The predicted molar refractivity (Wildman–Crippen MR) is 109 cm³/mol. The molecular formula is C20H20N6O3S. The number of hydrogen-bond acceptors (Lipinski definition) is 8. The number of aryl methyl sites for hydroxylation is 2. The van der Waals surface area contributed by atoms with E-state index < -0.39 is 18.0 Å². The van der Waals surface area contributed by atoms with E-state index in [4.69, 9.17) is 4.74 Å². The monoisotopic (exact) mass is 424 g/mol. The van der Waals surface area contributed by atoms with Crippen molar-refractivity contribution in [3.05, 3.63) is 39.8 Å². The molecule has 0 spiro atoms. The van der Waals surface area contributed by atoms with Crippen molar-refractivity contribution in [1.29, 1.82) is 5.26 Å². The highest BCUT2D eigenvalue weighted by Crippen LogP contribution is 2.37. The van der Waals surface area contributed by atoms with Crippen LogP contribution >= 0.6 is 11.3 Å². The first-order valence-corrected chi connectivity index (χ1v) is 10.5. The Morgan fingerprint density at radius 1 is 1.33 bits per heavy atom. The molecule has 1 amide bonds. The molecule has 3 heterocycles. The smallest absolute Gasteiger partial charge is 0.379 e. The molecule has 4 rings (SSSR count). The van der Waals surface area contributed by atoms with Gasteiger partial charge in [-0.2, -0.15) is 10.2 Å². The number of amides is 1. The number of fused-ring (bicyclic) bond motifs is 2. The van der Waals surface area contributed by atoms with Gasteiger partial charge in [0.1, 0.15) is 11.1 Å². The van der Waals surface area contributed by atoms with Gasteiger partial charge in [0, 0.05) is 16.8 Å². The number of aromatic nitrogens is 4. The summed E-state index contributed by atoms with van der Waals surface area (Å²) >= 11 is 1.43. The van der Waals surface area contributed by atoms with Gasteiger partial charge in [-0.25, -0.2) is 14.3 Å². The van der Waals surface area contributed by atoms with Crippen molar-refractivity contribution in [3.63, 3.8) is 0 Å². The van der Waals surface area contributed by atoms with E-state index in [0.717, 1.165) is 48.2 Å². The number of ether oxygens (including phenoxy) is 1. The average molecular weight is 424 g/mol. The fraction of sp³-hybridized carbons (Fsp3) is 0.400. The lowest BCUT2D eigenvalue weighted by atomic mass is 10.1. The van der Waals surface area contributed by atoms with Gasteiger partial charge in [0.05, 0.1) is 5.56 Å². The fourth-order valence-electron chi connectivity index (χ4n) is 3.42. The van der Waals surface area contributed by atoms with Crippen LogP contribution in [-0.4, -0.2) is 37.6 Å². The maximum atomic E-state index is 12.6.